The van der Waals surface area contributed by atoms with E-state index in [1.807, 2.05) is 0 Å². The van der Waals surface area contributed by atoms with Crippen LogP contribution in [0.15, 0.2) is 0 Å². The Labute approximate surface area is 116 Å². The number of hydrogen-bond acceptors (Lipinski definition) is 1. The van der Waals surface area contributed by atoms with Crippen LogP contribution in [0.2, 0.25) is 0 Å². The zero-order chi connectivity index (χ0) is 14.3. The van der Waals surface area contributed by atoms with Gasteiger partial charge in [-0.2, -0.15) is 0 Å². The van der Waals surface area contributed by atoms with Crippen molar-refractivity contribution in [2.24, 2.45) is 29.6 Å². The topological polar surface area (TPSA) is 3.24 Å². The monoisotopic (exact) mass is 255 g/mol. The summed E-state index contributed by atoms with van der Waals surface area (Å²) in [5, 5.41) is 0. The summed E-state index contributed by atoms with van der Waals surface area (Å²) in [5.74, 6) is 4.01. The fourth-order valence-electron chi connectivity index (χ4n) is 2.75. The lowest BCUT2D eigenvalue weighted by molar-refractivity contribution is 0.154. The Balaban J connectivity index is 4.47. The zero-order valence-electron chi connectivity index (χ0n) is 14.2. The van der Waals surface area contributed by atoms with Crippen molar-refractivity contribution in [3.63, 3.8) is 0 Å². The van der Waals surface area contributed by atoms with E-state index in [-0.39, 0.29) is 0 Å². The number of hydrogen-bond donors (Lipinski definition) is 0. The van der Waals surface area contributed by atoms with E-state index in [4.69, 9.17) is 0 Å². The quantitative estimate of drug-likeness (QED) is 0.565. The van der Waals surface area contributed by atoms with Gasteiger partial charge >= 0.3 is 0 Å². The molecule has 1 atom stereocenters. The molecular weight excluding hydrogens is 218 g/mol. The van der Waals surface area contributed by atoms with E-state index in [0.717, 1.165) is 29.6 Å². The normalized spacial score (nSPS) is 14.5. The van der Waals surface area contributed by atoms with Crippen LogP contribution in [0, 0.1) is 29.6 Å². The Hall–Kier alpha value is -0.0400. The molecular formula is C17H37N. The molecule has 0 heterocycles. The number of nitrogens with zero attached hydrogens (tertiary/aromatic N) is 1. The first kappa shape index (κ1) is 18.0. The predicted octanol–water partition coefficient (Wildman–Crippen LogP) is 4.92. The van der Waals surface area contributed by atoms with Crippen molar-refractivity contribution < 1.29 is 0 Å². The highest BCUT2D eigenvalue weighted by molar-refractivity contribution is 4.72. The molecule has 0 aliphatic heterocycles. The van der Waals surface area contributed by atoms with Crippen LogP contribution in [-0.4, -0.2) is 24.5 Å². The largest absolute Gasteiger partial charge is 0.303 e. The Kier molecular flexibility index (Phi) is 8.94. The van der Waals surface area contributed by atoms with Gasteiger partial charge in [-0.3, -0.25) is 0 Å². The molecule has 0 aromatic heterocycles. The van der Waals surface area contributed by atoms with Gasteiger partial charge in [0.15, 0.2) is 0 Å². The van der Waals surface area contributed by atoms with Crippen LogP contribution in [0.4, 0.5) is 0 Å². The van der Waals surface area contributed by atoms with E-state index >= 15 is 0 Å². The summed E-state index contributed by atoms with van der Waals surface area (Å²) in [6.45, 7) is 22.6. The molecule has 0 aliphatic rings. The van der Waals surface area contributed by atoms with Gasteiger partial charge in [0.1, 0.15) is 0 Å². The van der Waals surface area contributed by atoms with Crippen LogP contribution < -0.4 is 0 Å². The molecule has 0 rings (SSSR count). The molecule has 0 spiro atoms. The standard InChI is InChI=1S/C17H37N/c1-13(2)9-17(16(7)8)12-18(10-14(3)4)11-15(5)6/h13-17H,9-12H2,1-8H3. The molecule has 0 amide bonds. The van der Waals surface area contributed by atoms with Gasteiger partial charge < -0.3 is 4.90 Å². The van der Waals surface area contributed by atoms with Gasteiger partial charge in [0.2, 0.25) is 0 Å². The summed E-state index contributed by atoms with van der Waals surface area (Å²) in [5.41, 5.74) is 0. The second-order valence-corrected chi connectivity index (χ2v) is 7.64. The number of rotatable bonds is 9. The van der Waals surface area contributed by atoms with Crippen LogP contribution >= 0.6 is 0 Å². The molecule has 0 saturated carbocycles. The average Bonchev–Trinajstić information content (AvgIpc) is 2.13. The van der Waals surface area contributed by atoms with Crippen LogP contribution in [0.5, 0.6) is 0 Å². The van der Waals surface area contributed by atoms with E-state index < -0.39 is 0 Å². The van der Waals surface area contributed by atoms with Gasteiger partial charge in [-0.25, -0.2) is 0 Å². The van der Waals surface area contributed by atoms with Crippen molar-refractivity contribution in [1.29, 1.82) is 0 Å². The van der Waals surface area contributed by atoms with Gasteiger partial charge in [0, 0.05) is 19.6 Å². The lowest BCUT2D eigenvalue weighted by atomic mass is 9.87. The minimum absolute atomic E-state index is 0.774. The molecule has 18 heavy (non-hydrogen) atoms. The molecule has 0 radical (unpaired) electrons. The molecule has 0 aliphatic carbocycles. The van der Waals surface area contributed by atoms with Crippen molar-refractivity contribution in [2.45, 2.75) is 61.8 Å². The highest BCUT2D eigenvalue weighted by atomic mass is 15.1. The zero-order valence-corrected chi connectivity index (χ0v) is 14.2. The van der Waals surface area contributed by atoms with Gasteiger partial charge in [-0.1, -0.05) is 55.4 Å². The van der Waals surface area contributed by atoms with E-state index in [0.29, 0.717) is 0 Å². The lowest BCUT2D eigenvalue weighted by Gasteiger charge is -2.32. The van der Waals surface area contributed by atoms with Crippen molar-refractivity contribution in [3.8, 4) is 0 Å². The van der Waals surface area contributed by atoms with E-state index in [1.165, 1.54) is 26.1 Å². The molecule has 110 valence electrons. The first-order chi connectivity index (χ1) is 8.22. The third-order valence-electron chi connectivity index (χ3n) is 3.46. The van der Waals surface area contributed by atoms with Crippen LogP contribution in [0.3, 0.4) is 0 Å². The van der Waals surface area contributed by atoms with E-state index in [1.54, 1.807) is 0 Å². The molecule has 0 saturated heterocycles. The summed E-state index contributed by atoms with van der Waals surface area (Å²) >= 11 is 0. The second-order valence-electron chi connectivity index (χ2n) is 7.64. The lowest BCUT2D eigenvalue weighted by Crippen LogP contribution is -2.37. The summed E-state index contributed by atoms with van der Waals surface area (Å²) in [6, 6.07) is 0. The molecule has 0 fully saturated rings. The maximum absolute atomic E-state index is 2.70. The predicted molar refractivity (Wildman–Crippen MR) is 83.9 cm³/mol. The summed E-state index contributed by atoms with van der Waals surface area (Å²) in [6.07, 6.45) is 1.37. The third-order valence-corrected chi connectivity index (χ3v) is 3.46. The first-order valence-electron chi connectivity index (χ1n) is 7.94. The SMILES string of the molecule is CC(C)CC(CN(CC(C)C)CC(C)C)C(C)C. The van der Waals surface area contributed by atoms with Crippen LogP contribution in [-0.2, 0) is 0 Å². The first-order valence-corrected chi connectivity index (χ1v) is 7.94. The Bertz CT molecular complexity index is 184. The fraction of sp³-hybridized carbons (Fsp3) is 1.00. The molecule has 0 aromatic rings. The third kappa shape index (κ3) is 8.97. The van der Waals surface area contributed by atoms with Gasteiger partial charge in [-0.05, 0) is 36.0 Å². The van der Waals surface area contributed by atoms with Crippen molar-refractivity contribution >= 4 is 0 Å². The maximum atomic E-state index is 2.70. The molecule has 1 unspecified atom stereocenters. The van der Waals surface area contributed by atoms with E-state index in [2.05, 4.69) is 60.3 Å². The highest BCUT2D eigenvalue weighted by Crippen LogP contribution is 2.22. The second kappa shape index (κ2) is 8.96. The highest BCUT2D eigenvalue weighted by Gasteiger charge is 2.20. The average molecular weight is 255 g/mol. The minimum Gasteiger partial charge on any atom is -0.303 e. The van der Waals surface area contributed by atoms with E-state index in [9.17, 15) is 0 Å². The summed E-state index contributed by atoms with van der Waals surface area (Å²) in [7, 11) is 0. The van der Waals surface area contributed by atoms with Crippen LogP contribution in [0.25, 0.3) is 0 Å². The minimum atomic E-state index is 0.774. The Morgan fingerprint density at radius 2 is 1.06 bits per heavy atom. The fourth-order valence-corrected chi connectivity index (χ4v) is 2.75. The molecule has 1 heteroatoms. The van der Waals surface area contributed by atoms with Crippen molar-refractivity contribution in [3.05, 3.63) is 0 Å². The van der Waals surface area contributed by atoms with Crippen LogP contribution in [0.1, 0.15) is 61.8 Å². The maximum Gasteiger partial charge on any atom is 0.00124 e. The molecule has 1 nitrogen and oxygen atoms in total. The van der Waals surface area contributed by atoms with Crippen molar-refractivity contribution in [2.75, 3.05) is 19.6 Å². The Morgan fingerprint density at radius 1 is 0.611 bits per heavy atom. The van der Waals surface area contributed by atoms with Gasteiger partial charge in [0.25, 0.3) is 0 Å². The van der Waals surface area contributed by atoms with Gasteiger partial charge in [-0.15, -0.1) is 0 Å². The Morgan fingerprint density at radius 3 is 1.33 bits per heavy atom. The molecule has 0 aromatic carbocycles. The molecule has 0 N–H and O–H groups in total. The summed E-state index contributed by atoms with van der Waals surface area (Å²) < 4.78 is 0. The smallest absolute Gasteiger partial charge is 0.00124 e. The van der Waals surface area contributed by atoms with Gasteiger partial charge in [0.05, 0.1) is 0 Å². The van der Waals surface area contributed by atoms with Crippen molar-refractivity contribution in [1.82, 2.24) is 4.90 Å². The molecule has 0 bridgehead atoms. The summed E-state index contributed by atoms with van der Waals surface area (Å²) in [4.78, 5) is 2.70.